The Bertz CT molecular complexity index is 559. The molecule has 0 aliphatic heterocycles. The van der Waals surface area contributed by atoms with Crippen molar-refractivity contribution in [1.82, 2.24) is 5.32 Å². The van der Waals surface area contributed by atoms with Gasteiger partial charge in [0.2, 0.25) is 0 Å². The first kappa shape index (κ1) is 17.0. The van der Waals surface area contributed by atoms with E-state index in [9.17, 15) is 8.42 Å². The van der Waals surface area contributed by atoms with Crippen molar-refractivity contribution in [3.63, 3.8) is 0 Å². The molecule has 0 heterocycles. The highest BCUT2D eigenvalue weighted by Gasteiger charge is 2.32. The highest BCUT2D eigenvalue weighted by molar-refractivity contribution is 7.92. The number of methoxy groups -OCH3 is 1. The quantitative estimate of drug-likeness (QED) is 0.907. The number of nitrogens with one attached hydrogen (secondary N) is 1. The molecule has 0 saturated carbocycles. The molecule has 1 unspecified atom stereocenters. The summed E-state index contributed by atoms with van der Waals surface area (Å²) < 4.78 is 29.4. The number of hydrogen-bond acceptors (Lipinski definition) is 4. The fraction of sp³-hybridized carbons (Fsp3) is 0.600. The SMILES string of the molecule is CNC(CS(=O)(=O)C(C)(C)C)c1cc(C)ccc1OC. The van der Waals surface area contributed by atoms with Gasteiger partial charge >= 0.3 is 0 Å². The van der Waals surface area contributed by atoms with E-state index in [2.05, 4.69) is 5.32 Å². The van der Waals surface area contributed by atoms with Gasteiger partial charge in [-0.2, -0.15) is 0 Å². The van der Waals surface area contributed by atoms with Crippen molar-refractivity contribution in [2.75, 3.05) is 19.9 Å². The van der Waals surface area contributed by atoms with Crippen LogP contribution in [0.25, 0.3) is 0 Å². The van der Waals surface area contributed by atoms with Gasteiger partial charge in [0.1, 0.15) is 5.75 Å². The van der Waals surface area contributed by atoms with Crippen LogP contribution in [0.5, 0.6) is 5.75 Å². The van der Waals surface area contributed by atoms with Crippen LogP contribution in [0.1, 0.15) is 37.9 Å². The van der Waals surface area contributed by atoms with Crippen LogP contribution in [0.3, 0.4) is 0 Å². The maximum atomic E-state index is 12.4. The van der Waals surface area contributed by atoms with Crippen LogP contribution < -0.4 is 10.1 Å². The summed E-state index contributed by atoms with van der Waals surface area (Å²) in [6.07, 6.45) is 0. The molecular formula is C15H25NO3S. The molecule has 1 aromatic rings. The Balaban J connectivity index is 3.19. The van der Waals surface area contributed by atoms with Gasteiger partial charge in [0, 0.05) is 11.6 Å². The first-order valence-electron chi connectivity index (χ1n) is 6.66. The first-order valence-corrected chi connectivity index (χ1v) is 8.31. The molecule has 1 N–H and O–H groups in total. The summed E-state index contributed by atoms with van der Waals surface area (Å²) in [7, 11) is 0.152. The summed E-state index contributed by atoms with van der Waals surface area (Å²) in [5.41, 5.74) is 1.96. The van der Waals surface area contributed by atoms with Crippen molar-refractivity contribution in [2.45, 2.75) is 38.5 Å². The lowest BCUT2D eigenvalue weighted by molar-refractivity contribution is 0.403. The summed E-state index contributed by atoms with van der Waals surface area (Å²) in [6.45, 7) is 7.15. The van der Waals surface area contributed by atoms with Crippen molar-refractivity contribution in [3.05, 3.63) is 29.3 Å². The maximum Gasteiger partial charge on any atom is 0.157 e. The van der Waals surface area contributed by atoms with Gasteiger partial charge in [-0.25, -0.2) is 8.42 Å². The van der Waals surface area contributed by atoms with E-state index < -0.39 is 14.6 Å². The minimum atomic E-state index is -3.21. The summed E-state index contributed by atoms with van der Waals surface area (Å²) in [5, 5.41) is 3.09. The van der Waals surface area contributed by atoms with E-state index in [1.165, 1.54) is 0 Å². The first-order chi connectivity index (χ1) is 9.12. The fourth-order valence-electron chi connectivity index (χ4n) is 1.92. The summed E-state index contributed by atoms with van der Waals surface area (Å²) >= 11 is 0. The van der Waals surface area contributed by atoms with Gasteiger partial charge in [0.05, 0.1) is 17.6 Å². The number of rotatable bonds is 5. The topological polar surface area (TPSA) is 55.4 Å². The van der Waals surface area contributed by atoms with Gasteiger partial charge in [0.15, 0.2) is 9.84 Å². The molecule has 0 amide bonds. The molecule has 114 valence electrons. The minimum absolute atomic E-state index is 0.0484. The Hall–Kier alpha value is -1.07. The second-order valence-electron chi connectivity index (χ2n) is 5.98. The number of aryl methyl sites for hydroxylation is 1. The summed E-state index contributed by atoms with van der Waals surface area (Å²) in [4.78, 5) is 0. The van der Waals surface area contributed by atoms with Crippen molar-refractivity contribution >= 4 is 9.84 Å². The molecule has 1 atom stereocenters. The molecule has 0 radical (unpaired) electrons. The van der Waals surface area contributed by atoms with Gasteiger partial charge in [-0.05, 0) is 40.8 Å². The molecule has 0 spiro atoms. The zero-order valence-corrected chi connectivity index (χ0v) is 14.0. The smallest absolute Gasteiger partial charge is 0.157 e. The normalized spacial score (nSPS) is 14.1. The lowest BCUT2D eigenvalue weighted by Gasteiger charge is -2.25. The van der Waals surface area contributed by atoms with Crippen molar-refractivity contribution in [1.29, 1.82) is 0 Å². The third-order valence-corrected chi connectivity index (χ3v) is 6.07. The Labute approximate surface area is 122 Å². The monoisotopic (exact) mass is 299 g/mol. The molecule has 5 heteroatoms. The molecule has 4 nitrogen and oxygen atoms in total. The fourth-order valence-corrected chi connectivity index (χ4v) is 3.21. The van der Waals surface area contributed by atoms with E-state index in [-0.39, 0.29) is 11.8 Å². The molecule has 0 aliphatic carbocycles. The lowest BCUT2D eigenvalue weighted by Crippen LogP contribution is -2.36. The number of sulfone groups is 1. The van der Waals surface area contributed by atoms with Crippen LogP contribution >= 0.6 is 0 Å². The van der Waals surface area contributed by atoms with Gasteiger partial charge < -0.3 is 10.1 Å². The van der Waals surface area contributed by atoms with Crippen molar-refractivity contribution in [3.8, 4) is 5.75 Å². The Kier molecular flexibility index (Phi) is 5.21. The van der Waals surface area contributed by atoms with E-state index >= 15 is 0 Å². The minimum Gasteiger partial charge on any atom is -0.496 e. The van der Waals surface area contributed by atoms with Crippen LogP contribution in [0.4, 0.5) is 0 Å². The van der Waals surface area contributed by atoms with Gasteiger partial charge in [-0.1, -0.05) is 17.7 Å². The Morgan fingerprint density at radius 3 is 2.35 bits per heavy atom. The number of hydrogen-bond donors (Lipinski definition) is 1. The van der Waals surface area contributed by atoms with Gasteiger partial charge in [0.25, 0.3) is 0 Å². The second kappa shape index (κ2) is 6.14. The van der Waals surface area contributed by atoms with Crippen molar-refractivity contribution < 1.29 is 13.2 Å². The van der Waals surface area contributed by atoms with Crippen LogP contribution in [0.15, 0.2) is 18.2 Å². The highest BCUT2D eigenvalue weighted by atomic mass is 32.2. The third-order valence-electron chi connectivity index (χ3n) is 3.43. The number of benzene rings is 1. The average molecular weight is 299 g/mol. The summed E-state index contributed by atoms with van der Waals surface area (Å²) in [6, 6.07) is 5.51. The van der Waals surface area contributed by atoms with E-state index in [0.717, 1.165) is 11.1 Å². The van der Waals surface area contributed by atoms with Gasteiger partial charge in [-0.15, -0.1) is 0 Å². The molecule has 0 aromatic heterocycles. The molecule has 0 bridgehead atoms. The Morgan fingerprint density at radius 2 is 1.90 bits per heavy atom. The standard InChI is InChI=1S/C15H25NO3S/c1-11-7-8-14(19-6)12(9-11)13(16-5)10-20(17,18)15(2,3)4/h7-9,13,16H,10H2,1-6H3. The van der Waals surface area contributed by atoms with E-state index in [0.29, 0.717) is 5.75 Å². The molecule has 1 rings (SSSR count). The molecule has 0 aliphatic rings. The largest absolute Gasteiger partial charge is 0.496 e. The van der Waals surface area contributed by atoms with E-state index in [4.69, 9.17) is 4.74 Å². The summed E-state index contributed by atoms with van der Waals surface area (Å²) in [5.74, 6) is 0.756. The second-order valence-corrected chi connectivity index (χ2v) is 8.77. The molecule has 1 aromatic carbocycles. The predicted molar refractivity (Wildman–Crippen MR) is 83.1 cm³/mol. The lowest BCUT2D eigenvalue weighted by atomic mass is 10.0. The van der Waals surface area contributed by atoms with E-state index in [1.807, 2.05) is 25.1 Å². The van der Waals surface area contributed by atoms with Gasteiger partial charge in [-0.3, -0.25) is 0 Å². The van der Waals surface area contributed by atoms with Crippen LogP contribution in [0, 0.1) is 6.92 Å². The zero-order valence-electron chi connectivity index (χ0n) is 13.1. The van der Waals surface area contributed by atoms with Crippen molar-refractivity contribution in [2.24, 2.45) is 0 Å². The van der Waals surface area contributed by atoms with Crippen LogP contribution in [-0.2, 0) is 9.84 Å². The maximum absolute atomic E-state index is 12.4. The molecule has 0 saturated heterocycles. The molecular weight excluding hydrogens is 274 g/mol. The highest BCUT2D eigenvalue weighted by Crippen LogP contribution is 2.29. The molecule has 20 heavy (non-hydrogen) atoms. The van der Waals surface area contributed by atoms with E-state index in [1.54, 1.807) is 34.9 Å². The Morgan fingerprint density at radius 1 is 1.30 bits per heavy atom. The predicted octanol–water partition coefficient (Wildman–Crippen LogP) is 2.48. The zero-order chi connectivity index (χ0) is 15.6. The van der Waals surface area contributed by atoms with Crippen LogP contribution in [-0.4, -0.2) is 33.1 Å². The number of ether oxygens (including phenoxy) is 1. The third kappa shape index (κ3) is 3.73. The van der Waals surface area contributed by atoms with Crippen LogP contribution in [0.2, 0.25) is 0 Å². The average Bonchev–Trinajstić information content (AvgIpc) is 2.34. The molecule has 0 fully saturated rings.